The molecule has 0 radical (unpaired) electrons. The molecule has 2 atom stereocenters. The maximum atomic E-state index is 12.6. The fourth-order valence-electron chi connectivity index (χ4n) is 2.70. The van der Waals surface area contributed by atoms with E-state index in [-0.39, 0.29) is 13.2 Å². The largest absolute Gasteiger partial charge is 0.497 e. The van der Waals surface area contributed by atoms with Crippen LogP contribution in [0.1, 0.15) is 11.7 Å². The van der Waals surface area contributed by atoms with E-state index in [2.05, 4.69) is 5.32 Å². The number of benzene rings is 2. The Labute approximate surface area is 185 Å². The highest BCUT2D eigenvalue weighted by molar-refractivity contribution is 5.86. The van der Waals surface area contributed by atoms with Crippen LogP contribution in [0.15, 0.2) is 60.7 Å². The number of ether oxygens (including phenoxy) is 4. The van der Waals surface area contributed by atoms with Crippen molar-refractivity contribution in [3.8, 4) is 11.5 Å². The highest BCUT2D eigenvalue weighted by Crippen LogP contribution is 2.27. The lowest BCUT2D eigenvalue weighted by molar-refractivity contribution is -0.124. The van der Waals surface area contributed by atoms with Crippen molar-refractivity contribution in [2.75, 3.05) is 32.8 Å². The molecule has 4 N–H and O–H groups in total. The Hall–Kier alpha value is -3.60. The number of hydrogen-bond acceptors (Lipinski definition) is 8. The number of nitrogens with one attached hydrogen (secondary N) is 2. The minimum Gasteiger partial charge on any atom is -0.497 e. The molecular formula is C22H26N2O8. The SMILES string of the molecule is COc1ccc(NC(=O)O[C@@H](c2ccc(OCCO)cc2)[C@H](/C=C/C(=O)NO)OC)cc1. The molecule has 0 heterocycles. The van der Waals surface area contributed by atoms with Gasteiger partial charge in [0.25, 0.3) is 5.91 Å². The Morgan fingerprint density at radius 2 is 1.69 bits per heavy atom. The van der Waals surface area contributed by atoms with Crippen molar-refractivity contribution in [1.29, 1.82) is 0 Å². The van der Waals surface area contributed by atoms with E-state index < -0.39 is 24.2 Å². The van der Waals surface area contributed by atoms with Gasteiger partial charge >= 0.3 is 6.09 Å². The lowest BCUT2D eigenvalue weighted by Gasteiger charge is -2.24. The topological polar surface area (TPSA) is 136 Å². The first-order chi connectivity index (χ1) is 15.5. The van der Waals surface area contributed by atoms with Crippen molar-refractivity contribution in [2.24, 2.45) is 0 Å². The minimum atomic E-state index is -0.937. The molecule has 0 aliphatic carbocycles. The van der Waals surface area contributed by atoms with Crippen LogP contribution in [-0.2, 0) is 14.3 Å². The number of rotatable bonds is 11. The maximum Gasteiger partial charge on any atom is 0.412 e. The number of carbonyl (C=O) groups excluding carboxylic acids is 2. The van der Waals surface area contributed by atoms with Crippen LogP contribution in [-0.4, -0.2) is 55.9 Å². The molecule has 0 unspecified atom stereocenters. The van der Waals surface area contributed by atoms with Gasteiger partial charge in [-0.1, -0.05) is 12.1 Å². The number of methoxy groups -OCH3 is 2. The monoisotopic (exact) mass is 446 g/mol. The summed E-state index contributed by atoms with van der Waals surface area (Å²) in [6, 6.07) is 13.3. The standard InChI is InChI=1S/C22H26N2O8/c1-29-17-9-5-16(6-10-17)23-22(27)32-21(19(30-2)11-12-20(26)24-28)15-3-7-18(8-4-15)31-14-13-25/h3-12,19,21,25,28H,13-14H2,1-2H3,(H,23,27)(H,24,26)/b12-11+/t19-,21-/m0/s1. The zero-order chi connectivity index (χ0) is 23.3. The highest BCUT2D eigenvalue weighted by Gasteiger charge is 2.26. The van der Waals surface area contributed by atoms with Crippen molar-refractivity contribution in [3.05, 3.63) is 66.2 Å². The number of hydrogen-bond donors (Lipinski definition) is 4. The van der Waals surface area contributed by atoms with E-state index in [1.54, 1.807) is 48.5 Å². The first kappa shape index (κ1) is 24.7. The number of amides is 2. The second kappa shape index (κ2) is 13.0. The Kier molecular flexibility index (Phi) is 9.98. The summed E-state index contributed by atoms with van der Waals surface area (Å²) in [5.74, 6) is 0.395. The molecule has 0 aromatic heterocycles. The van der Waals surface area contributed by atoms with Gasteiger partial charge in [-0.15, -0.1) is 0 Å². The lowest BCUT2D eigenvalue weighted by atomic mass is 10.0. The lowest BCUT2D eigenvalue weighted by Crippen LogP contribution is -2.27. The molecule has 0 aliphatic heterocycles. The average Bonchev–Trinajstić information content (AvgIpc) is 2.83. The third kappa shape index (κ3) is 7.58. The summed E-state index contributed by atoms with van der Waals surface area (Å²) >= 11 is 0. The van der Waals surface area contributed by atoms with E-state index in [9.17, 15) is 9.59 Å². The fourth-order valence-corrected chi connectivity index (χ4v) is 2.70. The van der Waals surface area contributed by atoms with Crippen LogP contribution in [0.2, 0.25) is 0 Å². The molecule has 32 heavy (non-hydrogen) atoms. The average molecular weight is 446 g/mol. The van der Waals surface area contributed by atoms with Gasteiger partial charge in [0.1, 0.15) is 24.2 Å². The molecule has 0 saturated heterocycles. The summed E-state index contributed by atoms with van der Waals surface area (Å²) in [5.41, 5.74) is 2.54. The quantitative estimate of drug-likeness (QED) is 0.235. The molecule has 2 amide bonds. The Morgan fingerprint density at radius 3 is 2.25 bits per heavy atom. The van der Waals surface area contributed by atoms with Gasteiger partial charge in [0.05, 0.1) is 13.7 Å². The van der Waals surface area contributed by atoms with Gasteiger partial charge < -0.3 is 24.1 Å². The zero-order valence-electron chi connectivity index (χ0n) is 17.7. The molecule has 0 saturated carbocycles. The molecule has 2 aromatic carbocycles. The van der Waals surface area contributed by atoms with Gasteiger partial charge in [-0.25, -0.2) is 10.3 Å². The molecule has 10 nitrogen and oxygen atoms in total. The molecule has 0 bridgehead atoms. The molecular weight excluding hydrogens is 420 g/mol. The molecule has 0 aliphatic rings. The van der Waals surface area contributed by atoms with Crippen LogP contribution in [0.3, 0.4) is 0 Å². The Bertz CT molecular complexity index is 884. The summed E-state index contributed by atoms with van der Waals surface area (Å²) < 4.78 is 21.4. The third-order valence-corrected chi connectivity index (χ3v) is 4.26. The van der Waals surface area contributed by atoms with Crippen LogP contribution in [0.5, 0.6) is 11.5 Å². The van der Waals surface area contributed by atoms with Gasteiger partial charge in [-0.05, 0) is 48.0 Å². The van der Waals surface area contributed by atoms with Crippen LogP contribution < -0.4 is 20.3 Å². The van der Waals surface area contributed by atoms with Crippen molar-refractivity contribution < 1.29 is 38.9 Å². The van der Waals surface area contributed by atoms with E-state index in [1.807, 2.05) is 0 Å². The smallest absolute Gasteiger partial charge is 0.412 e. The molecule has 0 fully saturated rings. The second-order valence-corrected chi connectivity index (χ2v) is 6.36. The van der Waals surface area contributed by atoms with Gasteiger partial charge in [0.2, 0.25) is 0 Å². The normalized spacial score (nSPS) is 12.6. The molecule has 10 heteroatoms. The zero-order valence-corrected chi connectivity index (χ0v) is 17.7. The minimum absolute atomic E-state index is 0.123. The van der Waals surface area contributed by atoms with E-state index in [0.29, 0.717) is 22.7 Å². The van der Waals surface area contributed by atoms with Crippen LogP contribution in [0.4, 0.5) is 10.5 Å². The third-order valence-electron chi connectivity index (χ3n) is 4.26. The predicted octanol–water partition coefficient (Wildman–Crippen LogP) is 2.43. The van der Waals surface area contributed by atoms with Crippen molar-refractivity contribution in [3.63, 3.8) is 0 Å². The molecule has 172 valence electrons. The molecule has 0 spiro atoms. The van der Waals surface area contributed by atoms with Gasteiger partial charge in [-0.3, -0.25) is 15.3 Å². The van der Waals surface area contributed by atoms with Crippen LogP contribution in [0.25, 0.3) is 0 Å². The second-order valence-electron chi connectivity index (χ2n) is 6.36. The number of hydroxylamine groups is 1. The summed E-state index contributed by atoms with van der Waals surface area (Å²) in [6.45, 7) is 0.0196. The Morgan fingerprint density at radius 1 is 1.03 bits per heavy atom. The van der Waals surface area contributed by atoms with E-state index in [4.69, 9.17) is 29.3 Å². The number of aliphatic hydroxyl groups excluding tert-OH is 1. The summed E-state index contributed by atoms with van der Waals surface area (Å²) in [6.07, 6.45) is -0.119. The van der Waals surface area contributed by atoms with E-state index in [0.717, 1.165) is 6.08 Å². The highest BCUT2D eigenvalue weighted by atomic mass is 16.6. The molecule has 2 aromatic rings. The summed E-state index contributed by atoms with van der Waals surface area (Å²) in [7, 11) is 2.93. The van der Waals surface area contributed by atoms with Crippen LogP contribution in [0, 0.1) is 0 Å². The fraction of sp³-hybridized carbons (Fsp3) is 0.273. The summed E-state index contributed by atoms with van der Waals surface area (Å²) in [5, 5.41) is 20.2. The van der Waals surface area contributed by atoms with E-state index >= 15 is 0 Å². The first-order valence-electron chi connectivity index (χ1n) is 9.61. The van der Waals surface area contributed by atoms with Crippen LogP contribution >= 0.6 is 0 Å². The number of aliphatic hydroxyl groups is 1. The predicted molar refractivity (Wildman–Crippen MR) is 115 cm³/mol. The van der Waals surface area contributed by atoms with Crippen molar-refractivity contribution >= 4 is 17.7 Å². The van der Waals surface area contributed by atoms with Gasteiger partial charge in [0.15, 0.2) is 6.10 Å². The van der Waals surface area contributed by atoms with Gasteiger partial charge in [0, 0.05) is 18.9 Å². The Balaban J connectivity index is 2.22. The van der Waals surface area contributed by atoms with Crippen molar-refractivity contribution in [1.82, 2.24) is 5.48 Å². The first-order valence-corrected chi connectivity index (χ1v) is 9.61. The van der Waals surface area contributed by atoms with Gasteiger partial charge in [-0.2, -0.15) is 0 Å². The van der Waals surface area contributed by atoms with Crippen molar-refractivity contribution in [2.45, 2.75) is 12.2 Å². The summed E-state index contributed by atoms with van der Waals surface area (Å²) in [4.78, 5) is 23.9. The number of carbonyl (C=O) groups is 2. The number of anilines is 1. The van der Waals surface area contributed by atoms with E-state index in [1.165, 1.54) is 25.8 Å². The molecule has 2 rings (SSSR count). The maximum absolute atomic E-state index is 12.6.